The van der Waals surface area contributed by atoms with E-state index in [0.29, 0.717) is 25.4 Å². The average Bonchev–Trinajstić information content (AvgIpc) is 2.84. The quantitative estimate of drug-likeness (QED) is 0.655. The predicted molar refractivity (Wildman–Crippen MR) is 67.6 cm³/mol. The fourth-order valence-corrected chi connectivity index (χ4v) is 1.57. The molecule has 1 aromatic heterocycles. The highest BCUT2D eigenvalue weighted by atomic mass is 16.5. The molecule has 1 heterocycles. The first-order chi connectivity index (χ1) is 9.10. The number of esters is 1. The molecule has 0 aliphatic carbocycles. The smallest absolute Gasteiger partial charge is 0.307 e. The van der Waals surface area contributed by atoms with Crippen LogP contribution in [0.3, 0.4) is 0 Å². The van der Waals surface area contributed by atoms with Gasteiger partial charge in [0.1, 0.15) is 5.69 Å². The van der Waals surface area contributed by atoms with Crippen molar-refractivity contribution in [3.8, 4) is 0 Å². The first-order valence-corrected chi connectivity index (χ1v) is 5.91. The minimum atomic E-state index is -0.347. The van der Waals surface area contributed by atoms with Gasteiger partial charge in [0.05, 0.1) is 32.7 Å². The maximum Gasteiger partial charge on any atom is 0.307 e. The van der Waals surface area contributed by atoms with E-state index < -0.39 is 0 Å². The van der Waals surface area contributed by atoms with Gasteiger partial charge < -0.3 is 18.9 Å². The monoisotopic (exact) mass is 269 g/mol. The molecular formula is C12H19N3O4. The van der Waals surface area contributed by atoms with Crippen molar-refractivity contribution in [3.63, 3.8) is 0 Å². The summed E-state index contributed by atoms with van der Waals surface area (Å²) < 4.78 is 11.2. The standard InChI is InChI=1S/C12H19N3O4/c1-14-9-13-8-10(14)12(17)15(6-7-18-2)5-4-11(16)19-3/h8-9H,4-7H2,1-3H3. The third-order valence-corrected chi connectivity index (χ3v) is 2.70. The van der Waals surface area contributed by atoms with Crippen LogP contribution < -0.4 is 0 Å². The molecule has 0 N–H and O–H groups in total. The summed E-state index contributed by atoms with van der Waals surface area (Å²) in [5.41, 5.74) is 0.473. The van der Waals surface area contributed by atoms with E-state index in [0.717, 1.165) is 0 Å². The number of rotatable bonds is 7. The fraction of sp³-hybridized carbons (Fsp3) is 0.583. The maximum atomic E-state index is 12.3. The van der Waals surface area contributed by atoms with Crippen molar-refractivity contribution in [1.29, 1.82) is 0 Å². The number of imidazole rings is 1. The predicted octanol–water partition coefficient (Wildman–Crippen LogP) is 0.0718. The van der Waals surface area contributed by atoms with Gasteiger partial charge in [-0.1, -0.05) is 0 Å². The Morgan fingerprint density at radius 2 is 2.11 bits per heavy atom. The van der Waals surface area contributed by atoms with E-state index in [-0.39, 0.29) is 18.3 Å². The van der Waals surface area contributed by atoms with Crippen LogP contribution in [-0.2, 0) is 21.3 Å². The van der Waals surface area contributed by atoms with Crippen LogP contribution in [0.15, 0.2) is 12.5 Å². The summed E-state index contributed by atoms with van der Waals surface area (Å²) in [7, 11) is 4.63. The molecule has 7 nitrogen and oxygen atoms in total. The molecule has 0 spiro atoms. The molecule has 0 bridgehead atoms. The SMILES string of the molecule is COCCN(CCC(=O)OC)C(=O)c1cncn1C. The second-order valence-electron chi connectivity index (χ2n) is 4.00. The molecule has 7 heteroatoms. The van der Waals surface area contributed by atoms with Crippen molar-refractivity contribution in [1.82, 2.24) is 14.5 Å². The lowest BCUT2D eigenvalue weighted by Gasteiger charge is -2.21. The van der Waals surface area contributed by atoms with Crippen LogP contribution in [0.25, 0.3) is 0 Å². The van der Waals surface area contributed by atoms with Crippen molar-refractivity contribution in [3.05, 3.63) is 18.2 Å². The molecule has 0 atom stereocenters. The summed E-state index contributed by atoms with van der Waals surface area (Å²) in [5.74, 6) is -0.527. The molecule has 1 aromatic rings. The van der Waals surface area contributed by atoms with E-state index in [2.05, 4.69) is 9.72 Å². The van der Waals surface area contributed by atoms with Crippen LogP contribution in [0.5, 0.6) is 0 Å². The molecule has 0 radical (unpaired) electrons. The molecule has 1 rings (SSSR count). The Kier molecular flexibility index (Phi) is 6.01. The Bertz CT molecular complexity index is 430. The highest BCUT2D eigenvalue weighted by Crippen LogP contribution is 2.05. The molecule has 0 aliphatic heterocycles. The second-order valence-corrected chi connectivity index (χ2v) is 4.00. The number of methoxy groups -OCH3 is 2. The number of ether oxygens (including phenoxy) is 2. The van der Waals surface area contributed by atoms with Gasteiger partial charge in [-0.15, -0.1) is 0 Å². The zero-order chi connectivity index (χ0) is 14.3. The summed E-state index contributed by atoms with van der Waals surface area (Å²) in [6.45, 7) is 1.11. The summed E-state index contributed by atoms with van der Waals surface area (Å²) in [6, 6.07) is 0. The van der Waals surface area contributed by atoms with Crippen molar-refractivity contribution >= 4 is 11.9 Å². The molecule has 0 fully saturated rings. The Balaban J connectivity index is 2.70. The number of carbonyl (C=O) groups is 2. The van der Waals surface area contributed by atoms with Gasteiger partial charge in [-0.2, -0.15) is 0 Å². The van der Waals surface area contributed by atoms with Crippen LogP contribution in [0.4, 0.5) is 0 Å². The minimum absolute atomic E-state index is 0.157. The van der Waals surface area contributed by atoms with Gasteiger partial charge in [0.15, 0.2) is 0 Å². The normalized spacial score (nSPS) is 10.3. The minimum Gasteiger partial charge on any atom is -0.469 e. The molecule has 0 saturated carbocycles. The highest BCUT2D eigenvalue weighted by Gasteiger charge is 2.19. The Morgan fingerprint density at radius 3 is 2.63 bits per heavy atom. The topological polar surface area (TPSA) is 73.7 Å². The van der Waals surface area contributed by atoms with Gasteiger partial charge in [-0.3, -0.25) is 9.59 Å². The van der Waals surface area contributed by atoms with E-state index in [1.807, 2.05) is 0 Å². The molecule has 0 aromatic carbocycles. The van der Waals surface area contributed by atoms with E-state index >= 15 is 0 Å². The molecule has 0 aliphatic rings. The average molecular weight is 269 g/mol. The van der Waals surface area contributed by atoms with Crippen molar-refractivity contribution in [2.24, 2.45) is 7.05 Å². The van der Waals surface area contributed by atoms with Gasteiger partial charge >= 0.3 is 5.97 Å². The first kappa shape index (κ1) is 15.2. The molecule has 19 heavy (non-hydrogen) atoms. The highest BCUT2D eigenvalue weighted by molar-refractivity contribution is 5.92. The molecule has 1 amide bonds. The Morgan fingerprint density at radius 1 is 1.37 bits per heavy atom. The number of hydrogen-bond acceptors (Lipinski definition) is 5. The number of hydrogen-bond donors (Lipinski definition) is 0. The fourth-order valence-electron chi connectivity index (χ4n) is 1.57. The van der Waals surface area contributed by atoms with Crippen LogP contribution in [0, 0.1) is 0 Å². The number of nitrogens with zero attached hydrogens (tertiary/aromatic N) is 3. The van der Waals surface area contributed by atoms with Crippen LogP contribution in [0.2, 0.25) is 0 Å². The number of amides is 1. The van der Waals surface area contributed by atoms with Gasteiger partial charge in [0, 0.05) is 27.2 Å². The summed E-state index contributed by atoms with van der Waals surface area (Å²) in [4.78, 5) is 28.9. The number of aromatic nitrogens is 2. The van der Waals surface area contributed by atoms with Gasteiger partial charge in [0.2, 0.25) is 0 Å². The van der Waals surface area contributed by atoms with Crippen molar-refractivity contribution in [2.45, 2.75) is 6.42 Å². The maximum absolute atomic E-state index is 12.3. The lowest BCUT2D eigenvalue weighted by atomic mass is 10.3. The summed E-state index contributed by atoms with van der Waals surface area (Å²) >= 11 is 0. The van der Waals surface area contributed by atoms with Crippen LogP contribution >= 0.6 is 0 Å². The van der Waals surface area contributed by atoms with Gasteiger partial charge in [-0.25, -0.2) is 4.98 Å². The zero-order valence-corrected chi connectivity index (χ0v) is 11.5. The van der Waals surface area contributed by atoms with Crippen LogP contribution in [-0.4, -0.2) is 60.2 Å². The van der Waals surface area contributed by atoms with Crippen molar-refractivity contribution < 1.29 is 19.1 Å². The Labute approximate surface area is 112 Å². The lowest BCUT2D eigenvalue weighted by Crippen LogP contribution is -2.36. The third kappa shape index (κ3) is 4.36. The van der Waals surface area contributed by atoms with Crippen molar-refractivity contribution in [2.75, 3.05) is 33.9 Å². The molecule has 106 valence electrons. The van der Waals surface area contributed by atoms with Gasteiger partial charge in [0.25, 0.3) is 5.91 Å². The zero-order valence-electron chi connectivity index (χ0n) is 11.5. The second kappa shape index (κ2) is 7.52. The molecular weight excluding hydrogens is 250 g/mol. The van der Waals surface area contributed by atoms with Crippen LogP contribution in [0.1, 0.15) is 16.9 Å². The van der Waals surface area contributed by atoms with E-state index in [1.165, 1.54) is 13.3 Å². The largest absolute Gasteiger partial charge is 0.469 e. The summed E-state index contributed by atoms with van der Waals surface area (Å²) in [6.07, 6.45) is 3.21. The summed E-state index contributed by atoms with van der Waals surface area (Å²) in [5, 5.41) is 0. The Hall–Kier alpha value is -1.89. The lowest BCUT2D eigenvalue weighted by molar-refractivity contribution is -0.140. The van der Waals surface area contributed by atoms with E-state index in [4.69, 9.17) is 4.74 Å². The van der Waals surface area contributed by atoms with Gasteiger partial charge in [-0.05, 0) is 0 Å². The van der Waals surface area contributed by atoms with E-state index in [1.54, 1.807) is 30.0 Å². The first-order valence-electron chi connectivity index (χ1n) is 5.91. The number of carbonyl (C=O) groups excluding carboxylic acids is 2. The molecule has 0 unspecified atom stereocenters. The number of aryl methyl sites for hydroxylation is 1. The third-order valence-electron chi connectivity index (χ3n) is 2.70. The molecule has 0 saturated heterocycles. The van der Waals surface area contributed by atoms with E-state index in [9.17, 15) is 9.59 Å².